The average molecular weight is 293 g/mol. The van der Waals surface area contributed by atoms with E-state index >= 15 is 0 Å². The molecule has 2 aromatic rings. The van der Waals surface area contributed by atoms with Crippen LogP contribution in [0.4, 0.5) is 5.95 Å². The average Bonchev–Trinajstić information content (AvgIpc) is 2.77. The molecule has 2 unspecified atom stereocenters. The largest absolute Gasteiger partial charge is 0.391 e. The van der Waals surface area contributed by atoms with Crippen LogP contribution in [0.1, 0.15) is 5.56 Å². The summed E-state index contributed by atoms with van der Waals surface area (Å²) in [4.78, 5) is 0. The number of nitrogen functional groups attached to an aromatic ring is 1. The van der Waals surface area contributed by atoms with E-state index < -0.39 is 6.10 Å². The van der Waals surface area contributed by atoms with Gasteiger partial charge in [-0.15, -0.1) is 10.2 Å². The van der Waals surface area contributed by atoms with Crippen LogP contribution in [0, 0.1) is 0 Å². The number of rotatable bonds is 6. The van der Waals surface area contributed by atoms with Crippen molar-refractivity contribution in [3.63, 3.8) is 0 Å². The van der Waals surface area contributed by atoms with E-state index in [1.807, 2.05) is 30.3 Å². The molecule has 0 fully saturated rings. The van der Waals surface area contributed by atoms with Crippen molar-refractivity contribution in [3.05, 3.63) is 35.9 Å². The monoisotopic (exact) mass is 293 g/mol. The third kappa shape index (κ3) is 3.72. The quantitative estimate of drug-likeness (QED) is 0.667. The zero-order valence-corrected chi connectivity index (χ0v) is 12.1. The number of anilines is 1. The molecule has 0 aliphatic heterocycles. The van der Waals surface area contributed by atoms with E-state index in [4.69, 9.17) is 11.5 Å². The van der Waals surface area contributed by atoms with Crippen molar-refractivity contribution in [1.29, 1.82) is 0 Å². The Kier molecular flexibility index (Phi) is 4.99. The van der Waals surface area contributed by atoms with E-state index in [1.165, 1.54) is 11.8 Å². The number of thioether (sulfide) groups is 1. The minimum Gasteiger partial charge on any atom is -0.391 e. The Hall–Kier alpha value is -1.57. The van der Waals surface area contributed by atoms with Gasteiger partial charge in [-0.05, 0) is 12.0 Å². The molecule has 7 heteroatoms. The van der Waals surface area contributed by atoms with Gasteiger partial charge in [-0.2, -0.15) is 0 Å². The zero-order chi connectivity index (χ0) is 14.5. The molecule has 0 aliphatic rings. The topological polar surface area (TPSA) is 103 Å². The van der Waals surface area contributed by atoms with Crippen molar-refractivity contribution in [1.82, 2.24) is 14.8 Å². The minimum atomic E-state index is -0.613. The van der Waals surface area contributed by atoms with Crippen molar-refractivity contribution in [2.24, 2.45) is 12.8 Å². The van der Waals surface area contributed by atoms with Crippen molar-refractivity contribution < 1.29 is 5.11 Å². The molecule has 5 N–H and O–H groups in total. The fourth-order valence-electron chi connectivity index (χ4n) is 1.76. The van der Waals surface area contributed by atoms with Gasteiger partial charge in [0.05, 0.1) is 6.10 Å². The van der Waals surface area contributed by atoms with Gasteiger partial charge in [0.1, 0.15) is 0 Å². The molecule has 2 atom stereocenters. The minimum absolute atomic E-state index is 0.310. The van der Waals surface area contributed by atoms with Crippen LogP contribution in [0.15, 0.2) is 35.5 Å². The van der Waals surface area contributed by atoms with Crippen LogP contribution in [0.3, 0.4) is 0 Å². The van der Waals surface area contributed by atoms with Crippen LogP contribution in [0.2, 0.25) is 0 Å². The van der Waals surface area contributed by atoms with Gasteiger partial charge in [0.2, 0.25) is 5.95 Å². The maximum atomic E-state index is 10.1. The molecule has 108 valence electrons. The predicted molar refractivity (Wildman–Crippen MR) is 80.3 cm³/mol. The molecular formula is C13H19N5OS. The first-order chi connectivity index (χ1) is 9.58. The Labute approximate surface area is 122 Å². The lowest BCUT2D eigenvalue weighted by molar-refractivity contribution is 0.167. The Morgan fingerprint density at radius 1 is 1.30 bits per heavy atom. The van der Waals surface area contributed by atoms with Crippen LogP contribution in [0.25, 0.3) is 0 Å². The Balaban J connectivity index is 1.85. The molecule has 20 heavy (non-hydrogen) atoms. The molecule has 0 amide bonds. The lowest BCUT2D eigenvalue weighted by atomic mass is 10.0. The summed E-state index contributed by atoms with van der Waals surface area (Å²) in [5, 5.41) is 18.5. The lowest BCUT2D eigenvalue weighted by Crippen LogP contribution is -2.38. The summed E-state index contributed by atoms with van der Waals surface area (Å²) in [7, 11) is 1.79. The molecule has 0 aliphatic carbocycles. The van der Waals surface area contributed by atoms with E-state index in [9.17, 15) is 5.11 Å². The summed E-state index contributed by atoms with van der Waals surface area (Å²) < 4.78 is 1.68. The second-order valence-corrected chi connectivity index (χ2v) is 5.62. The van der Waals surface area contributed by atoms with Crippen molar-refractivity contribution in [2.45, 2.75) is 23.7 Å². The summed E-state index contributed by atoms with van der Waals surface area (Å²) >= 11 is 1.39. The Morgan fingerprint density at radius 3 is 2.60 bits per heavy atom. The van der Waals surface area contributed by atoms with Gasteiger partial charge in [0.25, 0.3) is 0 Å². The third-order valence-electron chi connectivity index (χ3n) is 3.06. The molecule has 0 radical (unpaired) electrons. The first-order valence-electron chi connectivity index (χ1n) is 6.33. The first kappa shape index (κ1) is 14.8. The summed E-state index contributed by atoms with van der Waals surface area (Å²) in [5.41, 5.74) is 12.7. The fraction of sp³-hybridized carbons (Fsp3) is 0.385. The number of hydrogen-bond acceptors (Lipinski definition) is 6. The van der Waals surface area contributed by atoms with E-state index in [1.54, 1.807) is 11.6 Å². The highest BCUT2D eigenvalue weighted by Crippen LogP contribution is 2.18. The van der Waals surface area contributed by atoms with Crippen LogP contribution in [-0.2, 0) is 13.5 Å². The van der Waals surface area contributed by atoms with Gasteiger partial charge in [-0.25, -0.2) is 0 Å². The number of benzene rings is 1. The van der Waals surface area contributed by atoms with Gasteiger partial charge in [-0.3, -0.25) is 4.57 Å². The van der Waals surface area contributed by atoms with Crippen molar-refractivity contribution in [3.8, 4) is 0 Å². The molecule has 1 aromatic carbocycles. The molecule has 0 saturated carbocycles. The molecule has 1 heterocycles. The van der Waals surface area contributed by atoms with Crippen molar-refractivity contribution >= 4 is 17.7 Å². The third-order valence-corrected chi connectivity index (χ3v) is 4.18. The number of aliphatic hydroxyl groups excluding tert-OH is 1. The Bertz CT molecular complexity index is 545. The Morgan fingerprint density at radius 2 is 2.00 bits per heavy atom. The maximum Gasteiger partial charge on any atom is 0.222 e. The first-order valence-corrected chi connectivity index (χ1v) is 7.31. The smallest absolute Gasteiger partial charge is 0.222 e. The molecule has 0 bridgehead atoms. The van der Waals surface area contributed by atoms with E-state index in [2.05, 4.69) is 10.2 Å². The molecule has 6 nitrogen and oxygen atoms in total. The maximum absolute atomic E-state index is 10.1. The summed E-state index contributed by atoms with van der Waals surface area (Å²) in [6.45, 7) is 0. The molecule has 0 spiro atoms. The second-order valence-electron chi connectivity index (χ2n) is 4.63. The van der Waals surface area contributed by atoms with Crippen LogP contribution < -0.4 is 11.5 Å². The summed E-state index contributed by atoms with van der Waals surface area (Å²) in [6.07, 6.45) is 0.0295. The number of nitrogens with zero attached hydrogens (tertiary/aromatic N) is 3. The zero-order valence-electron chi connectivity index (χ0n) is 11.3. The highest BCUT2D eigenvalue weighted by Gasteiger charge is 2.17. The number of aliphatic hydroxyl groups is 1. The van der Waals surface area contributed by atoms with Gasteiger partial charge >= 0.3 is 0 Å². The molecule has 1 aromatic heterocycles. The molecule has 0 saturated heterocycles. The van der Waals surface area contributed by atoms with Gasteiger partial charge in [0.15, 0.2) is 5.16 Å². The summed E-state index contributed by atoms with van der Waals surface area (Å²) in [6, 6.07) is 9.58. The number of nitrogens with two attached hydrogens (primary N) is 2. The fourth-order valence-corrected chi connectivity index (χ4v) is 2.71. The van der Waals surface area contributed by atoms with Crippen LogP contribution in [-0.4, -0.2) is 37.8 Å². The number of hydrogen-bond donors (Lipinski definition) is 3. The predicted octanol–water partition coefficient (Wildman–Crippen LogP) is 0.420. The molecule has 2 rings (SSSR count). The van der Waals surface area contributed by atoms with Gasteiger partial charge in [-0.1, -0.05) is 42.1 Å². The highest BCUT2D eigenvalue weighted by molar-refractivity contribution is 7.99. The van der Waals surface area contributed by atoms with Crippen LogP contribution >= 0.6 is 11.8 Å². The highest BCUT2D eigenvalue weighted by atomic mass is 32.2. The second kappa shape index (κ2) is 6.74. The van der Waals surface area contributed by atoms with Crippen LogP contribution in [0.5, 0.6) is 0 Å². The van der Waals surface area contributed by atoms with E-state index in [0.29, 0.717) is 23.3 Å². The number of aromatic nitrogens is 3. The molecular weight excluding hydrogens is 274 g/mol. The standard InChI is InChI=1S/C13H19N5OS/c1-18-12(15)16-17-13(18)20-8-11(19)10(14)7-9-5-3-2-4-6-9/h2-6,10-11,19H,7-8,14H2,1H3,(H2,15,16). The van der Waals surface area contributed by atoms with E-state index in [0.717, 1.165) is 5.56 Å². The van der Waals surface area contributed by atoms with Gasteiger partial charge in [0, 0.05) is 18.8 Å². The lowest BCUT2D eigenvalue weighted by Gasteiger charge is -2.18. The SMILES string of the molecule is Cn1c(N)nnc1SCC(O)C(N)Cc1ccccc1. The van der Waals surface area contributed by atoms with Gasteiger partial charge < -0.3 is 16.6 Å². The normalized spacial score (nSPS) is 14.2. The summed E-state index contributed by atoms with van der Waals surface area (Å²) in [5.74, 6) is 0.815. The van der Waals surface area contributed by atoms with E-state index in [-0.39, 0.29) is 6.04 Å². The van der Waals surface area contributed by atoms with Crippen molar-refractivity contribution in [2.75, 3.05) is 11.5 Å².